The zero-order chi connectivity index (χ0) is 36.7. The molecule has 15 atom stereocenters. The normalized spacial score (nSPS) is 42.9. The van der Waals surface area contributed by atoms with E-state index >= 15 is 0 Å². The minimum Gasteiger partial charge on any atom is -0.461 e. The molecule has 10 heteroatoms. The van der Waals surface area contributed by atoms with E-state index in [4.69, 9.17) is 28.4 Å². The number of esters is 2. The Morgan fingerprint density at radius 1 is 0.918 bits per heavy atom. The summed E-state index contributed by atoms with van der Waals surface area (Å²) < 4.78 is 38.6. The Bertz CT molecular complexity index is 1120. The van der Waals surface area contributed by atoms with E-state index in [2.05, 4.69) is 27.2 Å². The Kier molecular flexibility index (Phi) is 15.8. The molecule has 0 bridgehead atoms. The molecule has 4 unspecified atom stereocenters. The lowest BCUT2D eigenvalue weighted by Crippen LogP contribution is -2.58. The van der Waals surface area contributed by atoms with Crippen molar-refractivity contribution in [2.45, 2.75) is 164 Å². The van der Waals surface area contributed by atoms with Crippen LogP contribution in [0, 0.1) is 41.9 Å². The van der Waals surface area contributed by atoms with Gasteiger partial charge in [-0.25, -0.2) is 0 Å². The van der Waals surface area contributed by atoms with Crippen molar-refractivity contribution in [2.75, 3.05) is 14.1 Å². The molecule has 3 rings (SSSR count). The topological polar surface area (TPSA) is 110 Å². The molecule has 0 aromatic rings. The first-order chi connectivity index (χ1) is 22.9. The predicted octanol–water partition coefficient (Wildman–Crippen LogP) is 6.54. The SMILES string of the molecule is CCC[C@H]1OC(=O)[C@H](C)[C@@H](O[C@H]2CC(C)[CH]C(C)O2)[C@H](C)[C@@H](O[C@@H]2O[C@H](C)CC(N(C)C)C2OC(C)=O)[C@@H](C)C[C@@H](C)C(=O)/C(C)=C/[C@H]1C. The zero-order valence-electron chi connectivity index (χ0n) is 32.5. The average Bonchev–Trinajstić information content (AvgIpc) is 3.00. The lowest BCUT2D eigenvalue weighted by molar-refractivity contribution is -0.293. The molecule has 3 aliphatic rings. The van der Waals surface area contributed by atoms with Crippen molar-refractivity contribution in [3.05, 3.63) is 18.1 Å². The average molecular weight is 693 g/mol. The van der Waals surface area contributed by atoms with Crippen molar-refractivity contribution in [1.82, 2.24) is 4.90 Å². The third kappa shape index (κ3) is 11.3. The van der Waals surface area contributed by atoms with Crippen molar-refractivity contribution in [1.29, 1.82) is 0 Å². The van der Waals surface area contributed by atoms with Gasteiger partial charge in [0.2, 0.25) is 0 Å². The maximum absolute atomic E-state index is 14.1. The van der Waals surface area contributed by atoms with E-state index in [1.165, 1.54) is 6.92 Å². The molecule has 2 saturated heterocycles. The molecule has 0 aromatic carbocycles. The summed E-state index contributed by atoms with van der Waals surface area (Å²) in [6, 6.07) is -0.136. The minimum absolute atomic E-state index is 0.0627. The quantitative estimate of drug-likeness (QED) is 0.260. The molecule has 3 aliphatic heterocycles. The van der Waals surface area contributed by atoms with E-state index in [1.807, 2.05) is 73.5 Å². The van der Waals surface area contributed by atoms with Crippen molar-refractivity contribution in [3.8, 4) is 0 Å². The standard InChI is InChI=1S/C39H66NO9/c1-14-15-32-22(3)18-23(4)34(42)24(5)19-25(6)35(49-39-37(46-30(11)41)31(40(12)13)20-27(8)45-39)28(9)36(29(10)38(43)47-32)48-33-17-21(2)16-26(7)44-33/h16,18,21-22,24-29,31-33,35-37,39H,14-15,17,19-20H2,1-13H3/b23-18+/t21?,22-,24-,25+,26?,27-,28-,29-,31?,32-,33+,35+,36+,37?,39+/m1/s1. The number of ether oxygens (including phenoxy) is 6. The first-order valence-corrected chi connectivity index (χ1v) is 18.7. The van der Waals surface area contributed by atoms with Crippen LogP contribution in [0.5, 0.6) is 0 Å². The molecule has 0 saturated carbocycles. The number of allylic oxidation sites excluding steroid dienone is 1. The van der Waals surface area contributed by atoms with Gasteiger partial charge in [-0.2, -0.15) is 0 Å². The number of carbonyl (C=O) groups excluding carboxylic acids is 3. The fourth-order valence-electron chi connectivity index (χ4n) is 8.10. The molecule has 1 radical (unpaired) electrons. The van der Waals surface area contributed by atoms with Gasteiger partial charge in [-0.1, -0.05) is 54.0 Å². The van der Waals surface area contributed by atoms with Gasteiger partial charge in [-0.15, -0.1) is 0 Å². The lowest BCUT2D eigenvalue weighted by atomic mass is 9.79. The van der Waals surface area contributed by atoms with Gasteiger partial charge < -0.3 is 33.3 Å². The molecule has 49 heavy (non-hydrogen) atoms. The Hall–Kier alpha value is -1.85. The summed E-state index contributed by atoms with van der Waals surface area (Å²) >= 11 is 0. The van der Waals surface area contributed by atoms with Gasteiger partial charge >= 0.3 is 11.9 Å². The highest BCUT2D eigenvalue weighted by atomic mass is 16.7. The fraction of sp³-hybridized carbons (Fsp3) is 0.846. The van der Waals surface area contributed by atoms with E-state index in [1.54, 1.807) is 0 Å². The van der Waals surface area contributed by atoms with Crippen molar-refractivity contribution < 1.29 is 42.8 Å². The molecular formula is C39H66NO9. The number of Topliss-reactive ketones (excluding diaryl/α,β-unsaturated/α-hetero) is 1. The van der Waals surface area contributed by atoms with Crippen LogP contribution in [0.1, 0.15) is 108 Å². The highest BCUT2D eigenvalue weighted by Gasteiger charge is 2.47. The summed E-state index contributed by atoms with van der Waals surface area (Å²) in [6.45, 7) is 21.4. The number of ketones is 1. The molecule has 3 heterocycles. The van der Waals surface area contributed by atoms with E-state index in [0.717, 1.165) is 6.42 Å². The Morgan fingerprint density at radius 3 is 2.18 bits per heavy atom. The van der Waals surface area contributed by atoms with Crippen LogP contribution in [0.25, 0.3) is 0 Å². The van der Waals surface area contributed by atoms with Crippen LogP contribution >= 0.6 is 0 Å². The second-order valence-corrected chi connectivity index (χ2v) is 15.6. The van der Waals surface area contributed by atoms with Crippen LogP contribution in [0.3, 0.4) is 0 Å². The molecule has 2 fully saturated rings. The number of likely N-dealkylation sites (N-methyl/N-ethyl adjacent to an activating group) is 1. The minimum atomic E-state index is -0.875. The fourth-order valence-corrected chi connectivity index (χ4v) is 8.10. The van der Waals surface area contributed by atoms with Crippen LogP contribution in [-0.2, 0) is 42.8 Å². The van der Waals surface area contributed by atoms with Gasteiger partial charge in [-0.05, 0) is 84.9 Å². The first kappa shape index (κ1) is 41.6. The number of nitrogens with zero attached hydrogens (tertiary/aromatic N) is 1. The summed E-state index contributed by atoms with van der Waals surface area (Å²) in [5, 5.41) is 0. The maximum atomic E-state index is 14.1. The van der Waals surface area contributed by atoms with Gasteiger partial charge in [0.05, 0.1) is 36.4 Å². The number of hydrogen-bond donors (Lipinski definition) is 0. The molecule has 10 nitrogen and oxygen atoms in total. The summed E-state index contributed by atoms with van der Waals surface area (Å²) in [5.41, 5.74) is 0.670. The van der Waals surface area contributed by atoms with Gasteiger partial charge in [0.1, 0.15) is 6.10 Å². The van der Waals surface area contributed by atoms with E-state index in [9.17, 15) is 14.4 Å². The van der Waals surface area contributed by atoms with Gasteiger partial charge in [0.25, 0.3) is 0 Å². The lowest BCUT2D eigenvalue weighted by Gasteiger charge is -2.46. The second-order valence-electron chi connectivity index (χ2n) is 15.6. The van der Waals surface area contributed by atoms with E-state index < -0.39 is 42.8 Å². The number of hydrogen-bond acceptors (Lipinski definition) is 10. The largest absolute Gasteiger partial charge is 0.461 e. The Morgan fingerprint density at radius 2 is 1.59 bits per heavy atom. The maximum Gasteiger partial charge on any atom is 0.311 e. The molecule has 0 spiro atoms. The van der Waals surface area contributed by atoms with Crippen molar-refractivity contribution in [2.24, 2.45) is 35.5 Å². The molecule has 281 valence electrons. The van der Waals surface area contributed by atoms with Gasteiger partial charge in [0, 0.05) is 31.1 Å². The van der Waals surface area contributed by atoms with E-state index in [-0.39, 0.29) is 65.7 Å². The van der Waals surface area contributed by atoms with Crippen LogP contribution in [-0.4, -0.2) is 92.0 Å². The van der Waals surface area contributed by atoms with Crippen LogP contribution in [0.15, 0.2) is 11.6 Å². The molecule has 0 amide bonds. The molecule has 0 aliphatic carbocycles. The first-order valence-electron chi connectivity index (χ1n) is 18.7. The smallest absolute Gasteiger partial charge is 0.311 e. The third-order valence-corrected chi connectivity index (χ3v) is 10.6. The monoisotopic (exact) mass is 692 g/mol. The van der Waals surface area contributed by atoms with Crippen LogP contribution in [0.4, 0.5) is 0 Å². The highest BCUT2D eigenvalue weighted by Crippen LogP contribution is 2.37. The Balaban J connectivity index is 2.12. The van der Waals surface area contributed by atoms with Crippen molar-refractivity contribution >= 4 is 17.7 Å². The number of cyclic esters (lactones) is 1. The Labute approximate surface area is 296 Å². The summed E-state index contributed by atoms with van der Waals surface area (Å²) in [5.74, 6) is -2.05. The predicted molar refractivity (Wildman–Crippen MR) is 188 cm³/mol. The van der Waals surface area contributed by atoms with Crippen LogP contribution < -0.4 is 0 Å². The van der Waals surface area contributed by atoms with Crippen LogP contribution in [0.2, 0.25) is 0 Å². The third-order valence-electron chi connectivity index (χ3n) is 10.6. The molecule has 0 aromatic heterocycles. The van der Waals surface area contributed by atoms with Crippen molar-refractivity contribution in [3.63, 3.8) is 0 Å². The summed E-state index contributed by atoms with van der Waals surface area (Å²) in [4.78, 5) is 42.2. The molecule has 0 N–H and O–H groups in total. The highest BCUT2D eigenvalue weighted by molar-refractivity contribution is 5.96. The molecular weight excluding hydrogens is 626 g/mol. The van der Waals surface area contributed by atoms with Gasteiger partial charge in [-0.3, -0.25) is 14.4 Å². The zero-order valence-corrected chi connectivity index (χ0v) is 32.5. The number of rotatable bonds is 8. The second kappa shape index (κ2) is 18.6. The summed E-state index contributed by atoms with van der Waals surface area (Å²) in [6.07, 6.45) is 3.56. The van der Waals surface area contributed by atoms with Gasteiger partial charge in [0.15, 0.2) is 24.5 Å². The van der Waals surface area contributed by atoms with E-state index in [0.29, 0.717) is 31.3 Å². The number of carbonyl (C=O) groups is 3. The summed E-state index contributed by atoms with van der Waals surface area (Å²) in [7, 11) is 3.92.